The number of para-hydroxylation sites is 1. The zero-order valence-corrected chi connectivity index (χ0v) is 15.8. The van der Waals surface area contributed by atoms with Gasteiger partial charge in [-0.25, -0.2) is 9.78 Å². The number of nitrogens with zero attached hydrogens (tertiary/aromatic N) is 5. The first-order valence-electron chi connectivity index (χ1n) is 9.61. The molecule has 0 unspecified atom stereocenters. The summed E-state index contributed by atoms with van der Waals surface area (Å²) in [5.74, 6) is 1.33. The SMILES string of the molecule is CN(C(=O)N1CCN(c2nc(N)c3c(n2)CCCC3)CC1)c1ccccc1. The Balaban J connectivity index is 1.42. The molecule has 1 aliphatic carbocycles. The second kappa shape index (κ2) is 7.42. The summed E-state index contributed by atoms with van der Waals surface area (Å²) in [7, 11) is 1.82. The molecular weight excluding hydrogens is 340 g/mol. The van der Waals surface area contributed by atoms with E-state index in [-0.39, 0.29) is 6.03 Å². The third kappa shape index (κ3) is 3.54. The highest BCUT2D eigenvalue weighted by molar-refractivity contribution is 5.91. The molecule has 1 saturated heterocycles. The summed E-state index contributed by atoms with van der Waals surface area (Å²) in [6.45, 7) is 2.73. The van der Waals surface area contributed by atoms with E-state index in [1.54, 1.807) is 4.90 Å². The average molecular weight is 366 g/mol. The minimum Gasteiger partial charge on any atom is -0.383 e. The molecule has 2 N–H and O–H groups in total. The number of anilines is 3. The molecule has 4 rings (SSSR count). The Labute approximate surface area is 159 Å². The van der Waals surface area contributed by atoms with Gasteiger partial charge in [-0.05, 0) is 37.8 Å². The maximum atomic E-state index is 12.8. The van der Waals surface area contributed by atoms with Crippen LogP contribution in [0.2, 0.25) is 0 Å². The van der Waals surface area contributed by atoms with Gasteiger partial charge in [-0.3, -0.25) is 4.90 Å². The number of fused-ring (bicyclic) bond motifs is 1. The quantitative estimate of drug-likeness (QED) is 0.882. The van der Waals surface area contributed by atoms with Crippen LogP contribution in [0.4, 0.5) is 22.2 Å². The van der Waals surface area contributed by atoms with Gasteiger partial charge in [0.2, 0.25) is 5.95 Å². The summed E-state index contributed by atoms with van der Waals surface area (Å²) < 4.78 is 0. The molecule has 1 aliphatic heterocycles. The molecule has 7 nitrogen and oxygen atoms in total. The molecule has 2 heterocycles. The first-order chi connectivity index (χ1) is 13.1. The minimum atomic E-state index is 0.0201. The Morgan fingerprint density at radius 1 is 1.04 bits per heavy atom. The molecular formula is C20H26N6O. The van der Waals surface area contributed by atoms with Crippen LogP contribution in [0.15, 0.2) is 30.3 Å². The Kier molecular flexibility index (Phi) is 4.83. The van der Waals surface area contributed by atoms with Gasteiger partial charge in [-0.1, -0.05) is 18.2 Å². The number of piperazine rings is 1. The van der Waals surface area contributed by atoms with Crippen LogP contribution in [0.3, 0.4) is 0 Å². The number of nitrogens with two attached hydrogens (primary N) is 1. The predicted molar refractivity (Wildman–Crippen MR) is 107 cm³/mol. The summed E-state index contributed by atoms with van der Waals surface area (Å²) in [6.07, 6.45) is 4.29. The number of nitrogen functional groups attached to an aromatic ring is 1. The van der Waals surface area contributed by atoms with Gasteiger partial charge in [-0.15, -0.1) is 0 Å². The Bertz CT molecular complexity index is 817. The minimum absolute atomic E-state index is 0.0201. The molecule has 27 heavy (non-hydrogen) atoms. The number of amides is 2. The molecule has 142 valence electrons. The first-order valence-corrected chi connectivity index (χ1v) is 9.61. The number of hydrogen-bond donors (Lipinski definition) is 1. The predicted octanol–water partition coefficient (Wildman–Crippen LogP) is 2.32. The van der Waals surface area contributed by atoms with Crippen molar-refractivity contribution in [3.63, 3.8) is 0 Å². The van der Waals surface area contributed by atoms with Crippen molar-refractivity contribution in [1.29, 1.82) is 0 Å². The number of aromatic nitrogens is 2. The van der Waals surface area contributed by atoms with Gasteiger partial charge < -0.3 is 15.5 Å². The van der Waals surface area contributed by atoms with Crippen LogP contribution in [0.1, 0.15) is 24.1 Å². The van der Waals surface area contributed by atoms with Crippen molar-refractivity contribution in [3.05, 3.63) is 41.6 Å². The molecule has 0 radical (unpaired) electrons. The van der Waals surface area contributed by atoms with E-state index in [1.165, 1.54) is 0 Å². The van der Waals surface area contributed by atoms with Crippen LogP contribution < -0.4 is 15.5 Å². The second-order valence-electron chi connectivity index (χ2n) is 7.19. The van der Waals surface area contributed by atoms with E-state index in [0.717, 1.165) is 42.6 Å². The van der Waals surface area contributed by atoms with E-state index >= 15 is 0 Å². The Morgan fingerprint density at radius 3 is 2.48 bits per heavy atom. The van der Waals surface area contributed by atoms with Crippen LogP contribution in [0.5, 0.6) is 0 Å². The number of benzene rings is 1. The molecule has 1 aromatic heterocycles. The molecule has 0 atom stereocenters. The number of carbonyl (C=O) groups is 1. The summed E-state index contributed by atoms with van der Waals surface area (Å²) >= 11 is 0. The third-order valence-electron chi connectivity index (χ3n) is 5.47. The molecule has 2 aliphatic rings. The maximum absolute atomic E-state index is 12.8. The molecule has 1 fully saturated rings. The number of hydrogen-bond acceptors (Lipinski definition) is 5. The fourth-order valence-electron chi connectivity index (χ4n) is 3.82. The van der Waals surface area contributed by atoms with Crippen molar-refractivity contribution < 1.29 is 4.79 Å². The first kappa shape index (κ1) is 17.6. The number of aryl methyl sites for hydroxylation is 1. The molecule has 0 spiro atoms. The van der Waals surface area contributed by atoms with Gasteiger partial charge >= 0.3 is 6.03 Å². The zero-order chi connectivity index (χ0) is 18.8. The summed E-state index contributed by atoms with van der Waals surface area (Å²) in [5.41, 5.74) is 9.31. The lowest BCUT2D eigenvalue weighted by Crippen LogP contribution is -2.52. The van der Waals surface area contributed by atoms with Crippen molar-refractivity contribution in [2.24, 2.45) is 0 Å². The lowest BCUT2D eigenvalue weighted by Gasteiger charge is -2.37. The van der Waals surface area contributed by atoms with Crippen molar-refractivity contribution in [3.8, 4) is 0 Å². The lowest BCUT2D eigenvalue weighted by atomic mass is 9.96. The van der Waals surface area contributed by atoms with Crippen molar-refractivity contribution >= 4 is 23.5 Å². The normalized spacial score (nSPS) is 16.8. The lowest BCUT2D eigenvalue weighted by molar-refractivity contribution is 0.202. The monoisotopic (exact) mass is 366 g/mol. The standard InChI is InChI=1S/C20H26N6O/c1-24(15-7-3-2-4-8-15)20(27)26-13-11-25(12-14-26)19-22-17-10-6-5-9-16(17)18(21)23-19/h2-4,7-8H,5-6,9-14H2,1H3,(H2,21,22,23). The van der Waals surface area contributed by atoms with Crippen LogP contribution in [0, 0.1) is 0 Å². The van der Waals surface area contributed by atoms with Gasteiger partial charge in [-0.2, -0.15) is 4.98 Å². The van der Waals surface area contributed by atoms with Crippen LogP contribution in [-0.2, 0) is 12.8 Å². The Morgan fingerprint density at radius 2 is 1.74 bits per heavy atom. The number of rotatable bonds is 2. The highest BCUT2D eigenvalue weighted by Gasteiger charge is 2.26. The van der Waals surface area contributed by atoms with Crippen molar-refractivity contribution in [2.75, 3.05) is 48.8 Å². The number of carbonyl (C=O) groups excluding carboxylic acids is 1. The van der Waals surface area contributed by atoms with Gasteiger partial charge in [0, 0.05) is 44.5 Å². The molecule has 1 aromatic carbocycles. The molecule has 0 saturated carbocycles. The Hall–Kier alpha value is -2.83. The fraction of sp³-hybridized carbons (Fsp3) is 0.450. The van der Waals surface area contributed by atoms with Gasteiger partial charge in [0.05, 0.1) is 5.69 Å². The van der Waals surface area contributed by atoms with Crippen molar-refractivity contribution in [2.45, 2.75) is 25.7 Å². The van der Waals surface area contributed by atoms with E-state index in [1.807, 2.05) is 42.3 Å². The van der Waals surface area contributed by atoms with Gasteiger partial charge in [0.1, 0.15) is 5.82 Å². The van der Waals surface area contributed by atoms with E-state index in [9.17, 15) is 4.79 Å². The molecule has 2 amide bonds. The van der Waals surface area contributed by atoms with Crippen LogP contribution >= 0.6 is 0 Å². The number of urea groups is 1. The fourth-order valence-corrected chi connectivity index (χ4v) is 3.82. The highest BCUT2D eigenvalue weighted by atomic mass is 16.2. The van der Waals surface area contributed by atoms with E-state index in [2.05, 4.69) is 9.88 Å². The topological polar surface area (TPSA) is 78.6 Å². The van der Waals surface area contributed by atoms with Crippen molar-refractivity contribution in [1.82, 2.24) is 14.9 Å². The smallest absolute Gasteiger partial charge is 0.324 e. The molecule has 2 aromatic rings. The maximum Gasteiger partial charge on any atom is 0.324 e. The summed E-state index contributed by atoms with van der Waals surface area (Å²) in [4.78, 5) is 27.8. The highest BCUT2D eigenvalue weighted by Crippen LogP contribution is 2.26. The largest absolute Gasteiger partial charge is 0.383 e. The van der Waals surface area contributed by atoms with E-state index in [0.29, 0.717) is 37.9 Å². The third-order valence-corrected chi connectivity index (χ3v) is 5.47. The van der Waals surface area contributed by atoms with Gasteiger partial charge in [0.15, 0.2) is 0 Å². The molecule has 7 heteroatoms. The summed E-state index contributed by atoms with van der Waals surface area (Å²) in [6, 6.07) is 9.73. The zero-order valence-electron chi connectivity index (χ0n) is 15.8. The van der Waals surface area contributed by atoms with E-state index < -0.39 is 0 Å². The second-order valence-corrected chi connectivity index (χ2v) is 7.19. The van der Waals surface area contributed by atoms with Crippen LogP contribution in [-0.4, -0.2) is 54.1 Å². The molecule has 0 bridgehead atoms. The summed E-state index contributed by atoms with van der Waals surface area (Å²) in [5, 5.41) is 0. The van der Waals surface area contributed by atoms with Gasteiger partial charge in [0.25, 0.3) is 0 Å². The van der Waals surface area contributed by atoms with E-state index in [4.69, 9.17) is 10.7 Å². The average Bonchev–Trinajstić information content (AvgIpc) is 2.73. The van der Waals surface area contributed by atoms with Crippen LogP contribution in [0.25, 0.3) is 0 Å².